The van der Waals surface area contributed by atoms with E-state index in [2.05, 4.69) is 5.32 Å². The highest BCUT2D eigenvalue weighted by atomic mass is 16.6. The number of nitrogens with one attached hydrogen (secondary N) is 1. The Balaban J connectivity index is 2.30. The van der Waals surface area contributed by atoms with Crippen LogP contribution in [0.1, 0.15) is 40.5 Å². The molecule has 18 heavy (non-hydrogen) atoms. The molecule has 1 amide bonds. The minimum absolute atomic E-state index is 0.247. The van der Waals surface area contributed by atoms with Crippen LogP contribution in [0.15, 0.2) is 0 Å². The smallest absolute Gasteiger partial charge is 0.410 e. The highest BCUT2D eigenvalue weighted by Crippen LogP contribution is 2.15. The van der Waals surface area contributed by atoms with Crippen molar-refractivity contribution in [3.63, 3.8) is 0 Å². The minimum Gasteiger partial charge on any atom is -0.444 e. The van der Waals surface area contributed by atoms with Crippen LogP contribution in [-0.4, -0.2) is 53.5 Å². The molecule has 0 spiro atoms. The van der Waals surface area contributed by atoms with Gasteiger partial charge in [0.2, 0.25) is 0 Å². The first-order valence-corrected chi connectivity index (χ1v) is 6.71. The molecular formula is C13H26N2O3. The van der Waals surface area contributed by atoms with E-state index in [9.17, 15) is 9.90 Å². The van der Waals surface area contributed by atoms with Crippen LogP contribution in [0.25, 0.3) is 0 Å². The molecule has 0 bridgehead atoms. The summed E-state index contributed by atoms with van der Waals surface area (Å²) in [5.41, 5.74) is -0.443. The maximum atomic E-state index is 11.8. The number of carbonyl (C=O) groups is 1. The standard InChI is InChI=1S/C13H26N2O3/c1-5-11(16)8-14-10-6-7-15(9-10)12(17)18-13(2,3)4/h10-11,14,16H,5-9H2,1-4H3. The molecule has 0 radical (unpaired) electrons. The van der Waals surface area contributed by atoms with Gasteiger partial charge in [0.05, 0.1) is 6.10 Å². The Bertz CT molecular complexity index is 276. The van der Waals surface area contributed by atoms with E-state index in [1.165, 1.54) is 0 Å². The molecule has 0 aromatic heterocycles. The summed E-state index contributed by atoms with van der Waals surface area (Å²) in [6.07, 6.45) is 1.11. The Morgan fingerprint density at radius 2 is 2.22 bits per heavy atom. The fraction of sp³-hybridized carbons (Fsp3) is 0.923. The number of amides is 1. The van der Waals surface area contributed by atoms with Crippen LogP contribution in [-0.2, 0) is 4.74 Å². The third-order valence-electron chi connectivity index (χ3n) is 2.95. The highest BCUT2D eigenvalue weighted by molar-refractivity contribution is 5.68. The van der Waals surface area contributed by atoms with Gasteiger partial charge in [-0.1, -0.05) is 6.92 Å². The SMILES string of the molecule is CCC(O)CNC1CCN(C(=O)OC(C)(C)C)C1. The zero-order valence-corrected chi connectivity index (χ0v) is 11.9. The van der Waals surface area contributed by atoms with Crippen molar-refractivity contribution in [3.8, 4) is 0 Å². The van der Waals surface area contributed by atoms with E-state index in [1.54, 1.807) is 4.90 Å². The first-order valence-electron chi connectivity index (χ1n) is 6.71. The highest BCUT2D eigenvalue weighted by Gasteiger charge is 2.29. The van der Waals surface area contributed by atoms with Crippen LogP contribution in [0, 0.1) is 0 Å². The van der Waals surface area contributed by atoms with Gasteiger partial charge < -0.3 is 20.1 Å². The van der Waals surface area contributed by atoms with E-state index >= 15 is 0 Å². The molecular weight excluding hydrogens is 232 g/mol. The molecule has 0 aromatic rings. The van der Waals surface area contributed by atoms with Gasteiger partial charge in [0.1, 0.15) is 5.60 Å². The Morgan fingerprint density at radius 1 is 1.56 bits per heavy atom. The Hall–Kier alpha value is -0.810. The topological polar surface area (TPSA) is 61.8 Å². The number of nitrogens with zero attached hydrogens (tertiary/aromatic N) is 1. The summed E-state index contributed by atoms with van der Waals surface area (Å²) in [6, 6.07) is 0.263. The van der Waals surface area contributed by atoms with Gasteiger partial charge in [-0.25, -0.2) is 4.79 Å². The molecule has 0 aliphatic carbocycles. The molecule has 1 fully saturated rings. The van der Waals surface area contributed by atoms with E-state index in [4.69, 9.17) is 4.74 Å². The summed E-state index contributed by atoms with van der Waals surface area (Å²) in [5, 5.41) is 12.8. The minimum atomic E-state index is -0.443. The number of rotatable bonds is 4. The predicted octanol–water partition coefficient (Wildman–Crippen LogP) is 1.36. The lowest BCUT2D eigenvalue weighted by atomic mass is 10.2. The van der Waals surface area contributed by atoms with Crippen molar-refractivity contribution in [2.75, 3.05) is 19.6 Å². The normalized spacial score (nSPS) is 22.1. The van der Waals surface area contributed by atoms with Gasteiger partial charge in [0, 0.05) is 25.7 Å². The average molecular weight is 258 g/mol. The van der Waals surface area contributed by atoms with Crippen molar-refractivity contribution in [1.29, 1.82) is 0 Å². The van der Waals surface area contributed by atoms with E-state index in [-0.39, 0.29) is 18.2 Å². The monoisotopic (exact) mass is 258 g/mol. The van der Waals surface area contributed by atoms with Crippen molar-refractivity contribution < 1.29 is 14.6 Å². The zero-order valence-electron chi connectivity index (χ0n) is 11.9. The van der Waals surface area contributed by atoms with Gasteiger partial charge in [0.15, 0.2) is 0 Å². The molecule has 1 heterocycles. The number of hydrogen-bond donors (Lipinski definition) is 2. The maximum Gasteiger partial charge on any atom is 0.410 e. The lowest BCUT2D eigenvalue weighted by molar-refractivity contribution is 0.0290. The number of aliphatic hydroxyl groups is 1. The lowest BCUT2D eigenvalue weighted by Crippen LogP contribution is -2.40. The summed E-state index contributed by atoms with van der Waals surface area (Å²) in [4.78, 5) is 13.6. The van der Waals surface area contributed by atoms with E-state index in [0.29, 0.717) is 13.1 Å². The molecule has 0 saturated carbocycles. The number of aliphatic hydroxyl groups excluding tert-OH is 1. The number of likely N-dealkylation sites (tertiary alicyclic amines) is 1. The van der Waals surface area contributed by atoms with E-state index in [1.807, 2.05) is 27.7 Å². The van der Waals surface area contributed by atoms with Gasteiger partial charge in [0.25, 0.3) is 0 Å². The summed E-state index contributed by atoms with van der Waals surface area (Å²) >= 11 is 0. The molecule has 5 nitrogen and oxygen atoms in total. The van der Waals surface area contributed by atoms with Crippen LogP contribution in [0.4, 0.5) is 4.79 Å². The van der Waals surface area contributed by atoms with Crippen LogP contribution in [0.3, 0.4) is 0 Å². The van der Waals surface area contributed by atoms with Gasteiger partial charge in [-0.3, -0.25) is 0 Å². The fourth-order valence-corrected chi connectivity index (χ4v) is 1.87. The van der Waals surface area contributed by atoms with Crippen molar-refractivity contribution in [3.05, 3.63) is 0 Å². The van der Waals surface area contributed by atoms with Crippen LogP contribution in [0.5, 0.6) is 0 Å². The van der Waals surface area contributed by atoms with Gasteiger partial charge in [-0.2, -0.15) is 0 Å². The molecule has 1 aliphatic heterocycles. The van der Waals surface area contributed by atoms with Gasteiger partial charge in [-0.15, -0.1) is 0 Å². The fourth-order valence-electron chi connectivity index (χ4n) is 1.87. The van der Waals surface area contributed by atoms with Crippen molar-refractivity contribution >= 4 is 6.09 Å². The van der Waals surface area contributed by atoms with Crippen LogP contribution >= 0.6 is 0 Å². The molecule has 0 aromatic carbocycles. The van der Waals surface area contributed by atoms with Crippen molar-refractivity contribution in [2.45, 2.75) is 58.3 Å². The molecule has 2 unspecified atom stereocenters. The summed E-state index contributed by atoms with van der Waals surface area (Å²) < 4.78 is 5.33. The number of ether oxygens (including phenoxy) is 1. The molecule has 2 atom stereocenters. The summed E-state index contributed by atoms with van der Waals surface area (Å²) in [7, 11) is 0. The third kappa shape index (κ3) is 5.23. The van der Waals surface area contributed by atoms with Crippen LogP contribution < -0.4 is 5.32 Å². The first kappa shape index (κ1) is 15.2. The molecule has 5 heteroatoms. The third-order valence-corrected chi connectivity index (χ3v) is 2.95. The second kappa shape index (κ2) is 6.38. The summed E-state index contributed by atoms with van der Waals surface area (Å²) in [6.45, 7) is 9.52. The Kier molecular flexibility index (Phi) is 5.41. The maximum absolute atomic E-state index is 11.8. The summed E-state index contributed by atoms with van der Waals surface area (Å²) in [5.74, 6) is 0. The Labute approximate surface area is 109 Å². The largest absolute Gasteiger partial charge is 0.444 e. The van der Waals surface area contributed by atoms with E-state index in [0.717, 1.165) is 19.4 Å². The molecule has 1 saturated heterocycles. The van der Waals surface area contributed by atoms with Gasteiger partial charge in [-0.05, 0) is 33.6 Å². The molecule has 1 aliphatic rings. The molecule has 106 valence electrons. The lowest BCUT2D eigenvalue weighted by Gasteiger charge is -2.24. The number of hydrogen-bond acceptors (Lipinski definition) is 4. The number of carbonyl (C=O) groups excluding carboxylic acids is 1. The Morgan fingerprint density at radius 3 is 2.78 bits per heavy atom. The second-order valence-electron chi connectivity index (χ2n) is 5.88. The van der Waals surface area contributed by atoms with Crippen molar-refractivity contribution in [1.82, 2.24) is 10.2 Å². The second-order valence-corrected chi connectivity index (χ2v) is 5.88. The molecule has 1 rings (SSSR count). The average Bonchev–Trinajstić information content (AvgIpc) is 2.72. The predicted molar refractivity (Wildman–Crippen MR) is 70.5 cm³/mol. The van der Waals surface area contributed by atoms with Crippen molar-refractivity contribution in [2.24, 2.45) is 0 Å². The first-order chi connectivity index (χ1) is 8.31. The quantitative estimate of drug-likeness (QED) is 0.799. The zero-order chi connectivity index (χ0) is 13.8. The van der Waals surface area contributed by atoms with Gasteiger partial charge >= 0.3 is 6.09 Å². The molecule has 2 N–H and O–H groups in total. The van der Waals surface area contributed by atoms with E-state index < -0.39 is 5.60 Å². The van der Waals surface area contributed by atoms with Crippen LogP contribution in [0.2, 0.25) is 0 Å².